The van der Waals surface area contributed by atoms with Crippen LogP contribution in [0.5, 0.6) is 0 Å². The average molecular weight is 259 g/mol. The zero-order valence-corrected chi connectivity index (χ0v) is 11.4. The van der Waals surface area contributed by atoms with E-state index in [2.05, 4.69) is 0 Å². The van der Waals surface area contributed by atoms with E-state index in [1.165, 1.54) is 4.90 Å². The average Bonchev–Trinajstić information content (AvgIpc) is 2.27. The molecule has 0 spiro atoms. The number of hydrogen-bond acceptors (Lipinski definition) is 5. The van der Waals surface area contributed by atoms with Crippen molar-refractivity contribution in [3.05, 3.63) is 0 Å². The van der Waals surface area contributed by atoms with Gasteiger partial charge >= 0.3 is 12.1 Å². The minimum atomic E-state index is -0.725. The van der Waals surface area contributed by atoms with Crippen LogP contribution in [0.15, 0.2) is 0 Å². The van der Waals surface area contributed by atoms with Crippen LogP contribution in [0.3, 0.4) is 0 Å². The number of amides is 1. The molecule has 1 heterocycles. The minimum absolute atomic E-state index is 0.147. The molecule has 1 saturated heterocycles. The van der Waals surface area contributed by atoms with Gasteiger partial charge in [0, 0.05) is 6.54 Å². The van der Waals surface area contributed by atoms with Gasteiger partial charge < -0.3 is 14.2 Å². The maximum atomic E-state index is 12.0. The van der Waals surface area contributed by atoms with Crippen molar-refractivity contribution >= 4 is 12.1 Å². The molecule has 1 fully saturated rings. The van der Waals surface area contributed by atoms with Crippen molar-refractivity contribution in [1.29, 1.82) is 0 Å². The predicted octanol–water partition coefficient (Wildman–Crippen LogP) is 1.19. The van der Waals surface area contributed by atoms with Crippen molar-refractivity contribution in [3.8, 4) is 0 Å². The molecule has 104 valence electrons. The Kier molecular flexibility index (Phi) is 4.95. The van der Waals surface area contributed by atoms with Crippen molar-refractivity contribution < 1.29 is 23.8 Å². The molecule has 6 heteroatoms. The van der Waals surface area contributed by atoms with Crippen LogP contribution < -0.4 is 0 Å². The molecule has 0 unspecified atom stereocenters. The van der Waals surface area contributed by atoms with Crippen molar-refractivity contribution in [2.75, 3.05) is 26.4 Å². The van der Waals surface area contributed by atoms with Gasteiger partial charge in [0.15, 0.2) is 6.04 Å². The fourth-order valence-electron chi connectivity index (χ4n) is 1.59. The maximum Gasteiger partial charge on any atom is 0.410 e. The highest BCUT2D eigenvalue weighted by Gasteiger charge is 2.36. The zero-order valence-electron chi connectivity index (χ0n) is 11.4. The third-order valence-corrected chi connectivity index (χ3v) is 2.31. The number of carbonyl (C=O) groups excluding carboxylic acids is 2. The van der Waals surface area contributed by atoms with Gasteiger partial charge in [-0.05, 0) is 27.7 Å². The lowest BCUT2D eigenvalue weighted by atomic mass is 10.2. The Morgan fingerprint density at radius 2 is 2.06 bits per heavy atom. The topological polar surface area (TPSA) is 65.1 Å². The Morgan fingerprint density at radius 1 is 1.39 bits per heavy atom. The number of carbonyl (C=O) groups is 2. The van der Waals surface area contributed by atoms with Crippen LogP contribution in [0.2, 0.25) is 0 Å². The Balaban J connectivity index is 2.70. The molecule has 0 aliphatic carbocycles. The number of hydrogen-bond donors (Lipinski definition) is 0. The first-order chi connectivity index (χ1) is 8.35. The summed E-state index contributed by atoms with van der Waals surface area (Å²) in [5.41, 5.74) is -0.588. The lowest BCUT2D eigenvalue weighted by molar-refractivity contribution is -0.166. The molecule has 0 aromatic rings. The fraction of sp³-hybridized carbons (Fsp3) is 0.833. The second-order valence-corrected chi connectivity index (χ2v) is 5.02. The normalized spacial score (nSPS) is 20.4. The van der Waals surface area contributed by atoms with Crippen molar-refractivity contribution in [2.45, 2.75) is 39.3 Å². The Morgan fingerprint density at radius 3 is 2.61 bits per heavy atom. The predicted molar refractivity (Wildman–Crippen MR) is 64.2 cm³/mol. The van der Waals surface area contributed by atoms with E-state index in [4.69, 9.17) is 14.2 Å². The monoisotopic (exact) mass is 259 g/mol. The molecule has 0 aromatic heterocycles. The van der Waals surface area contributed by atoms with Crippen LogP contribution in [0, 0.1) is 0 Å². The molecule has 1 amide bonds. The Hall–Kier alpha value is -1.30. The number of nitrogens with zero attached hydrogens (tertiary/aromatic N) is 1. The molecule has 0 radical (unpaired) electrons. The molecule has 0 aromatic carbocycles. The van der Waals surface area contributed by atoms with Crippen molar-refractivity contribution in [3.63, 3.8) is 0 Å². The highest BCUT2D eigenvalue weighted by atomic mass is 16.6. The molecule has 0 N–H and O–H groups in total. The quantitative estimate of drug-likeness (QED) is 0.697. The van der Waals surface area contributed by atoms with Gasteiger partial charge in [0.1, 0.15) is 5.60 Å². The van der Waals surface area contributed by atoms with Crippen molar-refractivity contribution in [2.24, 2.45) is 0 Å². The van der Waals surface area contributed by atoms with Crippen LogP contribution in [-0.4, -0.2) is 55.0 Å². The number of ether oxygens (including phenoxy) is 3. The standard InChI is InChI=1S/C12H21NO5/c1-5-17-11(15)13-6-7-16-8-9(13)10(14)18-12(2,3)4/h9H,5-8H2,1-4H3/t9-/m0/s1. The molecule has 1 aliphatic heterocycles. The van der Waals surface area contributed by atoms with E-state index < -0.39 is 23.7 Å². The molecule has 1 rings (SSSR count). The smallest absolute Gasteiger partial charge is 0.410 e. The summed E-state index contributed by atoms with van der Waals surface area (Å²) < 4.78 is 15.4. The fourth-order valence-corrected chi connectivity index (χ4v) is 1.59. The van der Waals surface area contributed by atoms with E-state index >= 15 is 0 Å². The van der Waals surface area contributed by atoms with Gasteiger partial charge in [-0.1, -0.05) is 0 Å². The molecule has 1 aliphatic rings. The second kappa shape index (κ2) is 6.04. The van der Waals surface area contributed by atoms with Crippen LogP contribution in [0.25, 0.3) is 0 Å². The van der Waals surface area contributed by atoms with E-state index in [0.717, 1.165) is 0 Å². The first-order valence-corrected chi connectivity index (χ1v) is 6.09. The van der Waals surface area contributed by atoms with Crippen LogP contribution in [-0.2, 0) is 19.0 Å². The van der Waals surface area contributed by atoms with Crippen LogP contribution in [0.4, 0.5) is 4.79 Å². The second-order valence-electron chi connectivity index (χ2n) is 5.02. The summed E-state index contributed by atoms with van der Waals surface area (Å²) in [5, 5.41) is 0. The number of rotatable bonds is 2. The van der Waals surface area contributed by atoms with Crippen LogP contribution >= 0.6 is 0 Å². The van der Waals surface area contributed by atoms with Gasteiger partial charge in [-0.15, -0.1) is 0 Å². The first kappa shape index (κ1) is 14.8. The molecular weight excluding hydrogens is 238 g/mol. The summed E-state index contributed by atoms with van der Waals surface area (Å²) in [6.45, 7) is 8.22. The third-order valence-electron chi connectivity index (χ3n) is 2.31. The summed E-state index contributed by atoms with van der Waals surface area (Å²) in [7, 11) is 0. The SMILES string of the molecule is CCOC(=O)N1CCOC[C@H]1C(=O)OC(C)(C)C. The molecule has 18 heavy (non-hydrogen) atoms. The number of morpholine rings is 1. The van der Waals surface area contributed by atoms with E-state index in [0.29, 0.717) is 13.2 Å². The van der Waals surface area contributed by atoms with E-state index in [-0.39, 0.29) is 13.2 Å². The Labute approximate surface area is 107 Å². The molecule has 6 nitrogen and oxygen atoms in total. The van der Waals surface area contributed by atoms with E-state index in [1.807, 2.05) is 0 Å². The summed E-state index contributed by atoms with van der Waals surface area (Å²) in [4.78, 5) is 25.1. The summed E-state index contributed by atoms with van der Waals surface area (Å²) in [6, 6.07) is -0.725. The Bertz CT molecular complexity index is 310. The largest absolute Gasteiger partial charge is 0.458 e. The van der Waals surface area contributed by atoms with Gasteiger partial charge in [0.05, 0.1) is 19.8 Å². The maximum absolute atomic E-state index is 12.0. The summed E-state index contributed by atoms with van der Waals surface area (Å²) >= 11 is 0. The van der Waals surface area contributed by atoms with Gasteiger partial charge in [-0.25, -0.2) is 9.59 Å². The van der Waals surface area contributed by atoms with E-state index in [9.17, 15) is 9.59 Å². The van der Waals surface area contributed by atoms with Crippen molar-refractivity contribution in [1.82, 2.24) is 4.90 Å². The highest BCUT2D eigenvalue weighted by Crippen LogP contribution is 2.15. The third kappa shape index (κ3) is 4.18. The van der Waals surface area contributed by atoms with Gasteiger partial charge in [0.2, 0.25) is 0 Å². The zero-order chi connectivity index (χ0) is 13.8. The lowest BCUT2D eigenvalue weighted by Gasteiger charge is -2.34. The van der Waals surface area contributed by atoms with Gasteiger partial charge in [0.25, 0.3) is 0 Å². The minimum Gasteiger partial charge on any atom is -0.458 e. The first-order valence-electron chi connectivity index (χ1n) is 6.09. The number of esters is 1. The van der Waals surface area contributed by atoms with E-state index in [1.54, 1.807) is 27.7 Å². The molecular formula is C12H21NO5. The van der Waals surface area contributed by atoms with Gasteiger partial charge in [-0.2, -0.15) is 0 Å². The summed E-state index contributed by atoms with van der Waals surface area (Å²) in [6.07, 6.45) is -0.503. The summed E-state index contributed by atoms with van der Waals surface area (Å²) in [5.74, 6) is -0.463. The molecule has 1 atom stereocenters. The van der Waals surface area contributed by atoms with Gasteiger partial charge in [-0.3, -0.25) is 4.90 Å². The highest BCUT2D eigenvalue weighted by molar-refractivity contribution is 5.82. The lowest BCUT2D eigenvalue weighted by Crippen LogP contribution is -2.54. The molecule has 0 saturated carbocycles. The van der Waals surface area contributed by atoms with Crippen LogP contribution in [0.1, 0.15) is 27.7 Å². The molecule has 0 bridgehead atoms.